The molecular formula is C18H33N3. The number of aryl methyl sites for hydroxylation is 1. The maximum absolute atomic E-state index is 4.63. The molecule has 3 nitrogen and oxygen atoms in total. The zero-order valence-electron chi connectivity index (χ0n) is 14.4. The lowest BCUT2D eigenvalue weighted by Gasteiger charge is -2.41. The predicted octanol–water partition coefficient (Wildman–Crippen LogP) is 3.89. The largest absolute Gasteiger partial charge is 0.335 e. The van der Waals surface area contributed by atoms with Gasteiger partial charge in [-0.05, 0) is 56.0 Å². The molecule has 0 saturated heterocycles. The molecule has 1 N–H and O–H groups in total. The van der Waals surface area contributed by atoms with Crippen LogP contribution in [0.1, 0.15) is 59.2 Å². The first-order valence-electron chi connectivity index (χ1n) is 8.76. The van der Waals surface area contributed by atoms with E-state index in [9.17, 15) is 0 Å². The van der Waals surface area contributed by atoms with Gasteiger partial charge < -0.3 is 9.88 Å². The first kappa shape index (κ1) is 16.5. The van der Waals surface area contributed by atoms with Crippen LogP contribution in [0, 0.1) is 17.3 Å². The summed E-state index contributed by atoms with van der Waals surface area (Å²) in [7, 11) is 0. The van der Waals surface area contributed by atoms with Crippen LogP contribution >= 0.6 is 0 Å². The van der Waals surface area contributed by atoms with Crippen LogP contribution in [0.4, 0.5) is 0 Å². The number of rotatable bonds is 7. The van der Waals surface area contributed by atoms with E-state index in [1.165, 1.54) is 38.1 Å². The first-order chi connectivity index (χ1) is 10.1. The lowest BCUT2D eigenvalue weighted by molar-refractivity contribution is 0.114. The zero-order valence-corrected chi connectivity index (χ0v) is 14.4. The Labute approximate surface area is 130 Å². The molecule has 0 spiro atoms. The highest BCUT2D eigenvalue weighted by Gasteiger charge is 2.35. The van der Waals surface area contributed by atoms with Crippen molar-refractivity contribution in [3.8, 4) is 0 Å². The van der Waals surface area contributed by atoms with Gasteiger partial charge in [-0.1, -0.05) is 27.7 Å². The Morgan fingerprint density at radius 2 is 2.14 bits per heavy atom. The summed E-state index contributed by atoms with van der Waals surface area (Å²) in [5, 5.41) is 3.57. The van der Waals surface area contributed by atoms with Crippen LogP contribution in [-0.4, -0.2) is 22.6 Å². The van der Waals surface area contributed by atoms with Crippen molar-refractivity contribution in [1.82, 2.24) is 14.9 Å². The molecule has 2 unspecified atom stereocenters. The SMILES string of the molecule is CCCn1ccnc1CC1CC(C)(C)CCC1CNCC. The van der Waals surface area contributed by atoms with Crippen LogP contribution in [0.2, 0.25) is 0 Å². The number of nitrogens with zero attached hydrogens (tertiary/aromatic N) is 2. The first-order valence-corrected chi connectivity index (χ1v) is 8.76. The highest BCUT2D eigenvalue weighted by Crippen LogP contribution is 2.42. The van der Waals surface area contributed by atoms with Crippen LogP contribution in [-0.2, 0) is 13.0 Å². The van der Waals surface area contributed by atoms with Gasteiger partial charge in [0.1, 0.15) is 5.82 Å². The average Bonchev–Trinajstić information content (AvgIpc) is 2.85. The highest BCUT2D eigenvalue weighted by molar-refractivity contribution is 4.98. The second-order valence-electron chi connectivity index (χ2n) is 7.48. The van der Waals surface area contributed by atoms with Crippen LogP contribution in [0.15, 0.2) is 12.4 Å². The maximum Gasteiger partial charge on any atom is 0.108 e. The molecule has 1 aromatic heterocycles. The number of hydrogen-bond acceptors (Lipinski definition) is 2. The maximum atomic E-state index is 4.63. The molecule has 3 heteroatoms. The van der Waals surface area contributed by atoms with Gasteiger partial charge in [-0.3, -0.25) is 0 Å². The minimum absolute atomic E-state index is 0.496. The van der Waals surface area contributed by atoms with Gasteiger partial charge in [-0.25, -0.2) is 4.98 Å². The van der Waals surface area contributed by atoms with E-state index in [0.717, 1.165) is 31.3 Å². The summed E-state index contributed by atoms with van der Waals surface area (Å²) in [6.45, 7) is 12.7. The monoisotopic (exact) mass is 291 g/mol. The Kier molecular flexibility index (Phi) is 5.86. The van der Waals surface area contributed by atoms with E-state index in [2.05, 4.69) is 48.8 Å². The highest BCUT2D eigenvalue weighted by atomic mass is 15.1. The van der Waals surface area contributed by atoms with Crippen LogP contribution in [0.3, 0.4) is 0 Å². The van der Waals surface area contributed by atoms with Crippen LogP contribution < -0.4 is 5.32 Å². The molecule has 1 saturated carbocycles. The molecular weight excluding hydrogens is 258 g/mol. The van der Waals surface area contributed by atoms with Gasteiger partial charge in [0.2, 0.25) is 0 Å². The molecule has 0 amide bonds. The number of aromatic nitrogens is 2. The number of nitrogens with one attached hydrogen (secondary N) is 1. The van der Waals surface area contributed by atoms with Gasteiger partial charge in [-0.15, -0.1) is 0 Å². The molecule has 0 bridgehead atoms. The van der Waals surface area contributed by atoms with Gasteiger partial charge in [0, 0.05) is 25.4 Å². The summed E-state index contributed by atoms with van der Waals surface area (Å²) in [6, 6.07) is 0. The third kappa shape index (κ3) is 4.57. The van der Waals surface area contributed by atoms with Crippen molar-refractivity contribution >= 4 is 0 Å². The standard InChI is InChI=1S/C18H33N3/c1-5-10-21-11-9-20-17(21)12-16-13-18(3,4)8-7-15(16)14-19-6-2/h9,11,15-16,19H,5-8,10,12-14H2,1-4H3. The Hall–Kier alpha value is -0.830. The second kappa shape index (κ2) is 7.44. The fourth-order valence-corrected chi connectivity index (χ4v) is 3.84. The molecule has 1 aliphatic carbocycles. The second-order valence-corrected chi connectivity index (χ2v) is 7.48. The molecule has 1 aromatic rings. The molecule has 0 aliphatic heterocycles. The number of hydrogen-bond donors (Lipinski definition) is 1. The van der Waals surface area contributed by atoms with E-state index < -0.39 is 0 Å². The van der Waals surface area contributed by atoms with Crippen molar-refractivity contribution in [1.29, 1.82) is 0 Å². The summed E-state index contributed by atoms with van der Waals surface area (Å²) in [5.41, 5.74) is 0.496. The molecule has 1 heterocycles. The van der Waals surface area contributed by atoms with E-state index in [-0.39, 0.29) is 0 Å². The summed E-state index contributed by atoms with van der Waals surface area (Å²) < 4.78 is 2.35. The molecule has 2 rings (SSSR count). The quantitative estimate of drug-likeness (QED) is 0.826. The Morgan fingerprint density at radius 3 is 2.86 bits per heavy atom. The third-order valence-corrected chi connectivity index (χ3v) is 5.04. The van der Waals surface area contributed by atoms with Gasteiger partial charge in [0.15, 0.2) is 0 Å². The van der Waals surface area contributed by atoms with Crippen molar-refractivity contribution in [3.05, 3.63) is 18.2 Å². The van der Waals surface area contributed by atoms with Crippen molar-refractivity contribution < 1.29 is 0 Å². The molecule has 1 aliphatic rings. The average molecular weight is 291 g/mol. The van der Waals surface area contributed by atoms with Crippen molar-refractivity contribution in [2.75, 3.05) is 13.1 Å². The zero-order chi connectivity index (χ0) is 15.3. The molecule has 0 radical (unpaired) electrons. The van der Waals surface area contributed by atoms with Crippen molar-refractivity contribution in [3.63, 3.8) is 0 Å². The molecule has 0 aromatic carbocycles. The Morgan fingerprint density at radius 1 is 1.33 bits per heavy atom. The predicted molar refractivity (Wildman–Crippen MR) is 89.4 cm³/mol. The summed E-state index contributed by atoms with van der Waals surface area (Å²) in [4.78, 5) is 4.63. The van der Waals surface area contributed by atoms with E-state index in [0.29, 0.717) is 5.41 Å². The minimum atomic E-state index is 0.496. The summed E-state index contributed by atoms with van der Waals surface area (Å²) >= 11 is 0. The normalized spacial score (nSPS) is 25.1. The van der Waals surface area contributed by atoms with Gasteiger partial charge in [0.25, 0.3) is 0 Å². The fourth-order valence-electron chi connectivity index (χ4n) is 3.84. The lowest BCUT2D eigenvalue weighted by Crippen LogP contribution is -2.37. The summed E-state index contributed by atoms with van der Waals surface area (Å²) in [6.07, 6.45) is 10.5. The Bertz CT molecular complexity index is 422. The minimum Gasteiger partial charge on any atom is -0.335 e. The van der Waals surface area contributed by atoms with Gasteiger partial charge in [0.05, 0.1) is 0 Å². The van der Waals surface area contributed by atoms with Gasteiger partial charge in [-0.2, -0.15) is 0 Å². The van der Waals surface area contributed by atoms with E-state index >= 15 is 0 Å². The van der Waals surface area contributed by atoms with Gasteiger partial charge >= 0.3 is 0 Å². The molecule has 2 atom stereocenters. The van der Waals surface area contributed by atoms with Crippen molar-refractivity contribution in [2.24, 2.45) is 17.3 Å². The number of imidazole rings is 1. The third-order valence-electron chi connectivity index (χ3n) is 5.04. The fraction of sp³-hybridized carbons (Fsp3) is 0.833. The Balaban J connectivity index is 2.06. The molecule has 21 heavy (non-hydrogen) atoms. The molecule has 1 fully saturated rings. The summed E-state index contributed by atoms with van der Waals surface area (Å²) in [5.74, 6) is 2.87. The lowest BCUT2D eigenvalue weighted by atomic mass is 9.66. The van der Waals surface area contributed by atoms with Crippen molar-refractivity contribution in [2.45, 2.75) is 66.3 Å². The van der Waals surface area contributed by atoms with E-state index in [1.54, 1.807) is 0 Å². The molecule has 120 valence electrons. The van der Waals surface area contributed by atoms with Crippen LogP contribution in [0.25, 0.3) is 0 Å². The van der Waals surface area contributed by atoms with Crippen LogP contribution in [0.5, 0.6) is 0 Å². The topological polar surface area (TPSA) is 29.9 Å². The van der Waals surface area contributed by atoms with E-state index in [4.69, 9.17) is 0 Å². The smallest absolute Gasteiger partial charge is 0.108 e. The van der Waals surface area contributed by atoms with E-state index in [1.807, 2.05) is 6.20 Å².